The van der Waals surface area contributed by atoms with Crippen molar-refractivity contribution in [2.45, 2.75) is 45.8 Å². The molecule has 1 amide bonds. The van der Waals surface area contributed by atoms with E-state index in [2.05, 4.69) is 0 Å². The number of carbonyl (C=O) groups excluding carboxylic acids is 1. The normalized spacial score (nSPS) is 18.1. The molecule has 2 rings (SSSR count). The van der Waals surface area contributed by atoms with E-state index in [9.17, 15) is 9.90 Å². The maximum atomic E-state index is 12.3. The summed E-state index contributed by atoms with van der Waals surface area (Å²) < 4.78 is 10.6. The van der Waals surface area contributed by atoms with Gasteiger partial charge in [-0.15, -0.1) is 0 Å². The number of carbonyl (C=O) groups is 1. The minimum Gasteiger partial charge on any atom is -0.504 e. The monoisotopic (exact) mass is 293 g/mol. The molecule has 1 aromatic carbocycles. The molecular formula is C16H23NO4. The Bertz CT molecular complexity index is 548. The lowest BCUT2D eigenvalue weighted by molar-refractivity contribution is 0.0159. The highest BCUT2D eigenvalue weighted by molar-refractivity contribution is 5.69. The first-order valence-electron chi connectivity index (χ1n) is 7.12. The van der Waals surface area contributed by atoms with E-state index >= 15 is 0 Å². The number of phenolic OH excluding ortho intramolecular Hbond substituents is 1. The van der Waals surface area contributed by atoms with Gasteiger partial charge in [0.1, 0.15) is 5.60 Å². The van der Waals surface area contributed by atoms with Crippen molar-refractivity contribution >= 4 is 6.09 Å². The third-order valence-electron chi connectivity index (χ3n) is 3.61. The van der Waals surface area contributed by atoms with Gasteiger partial charge in [0, 0.05) is 6.54 Å². The van der Waals surface area contributed by atoms with Gasteiger partial charge < -0.3 is 19.5 Å². The Morgan fingerprint density at radius 2 is 2.05 bits per heavy atom. The second-order valence-corrected chi connectivity index (χ2v) is 6.32. The van der Waals surface area contributed by atoms with E-state index in [1.54, 1.807) is 17.0 Å². The van der Waals surface area contributed by atoms with E-state index in [1.807, 2.05) is 27.7 Å². The standard InChI is InChI=1S/C16H23NO4/c1-10-12-9-14(20-5)13(18)8-11(12)6-7-17(10)15(19)21-16(2,3)4/h8-10,18H,6-7H2,1-5H3. The number of nitrogens with zero attached hydrogens (tertiary/aromatic N) is 1. The molecule has 0 saturated heterocycles. The smallest absolute Gasteiger partial charge is 0.410 e. The molecule has 0 radical (unpaired) electrons. The molecule has 1 N–H and O–H groups in total. The number of hydrogen-bond donors (Lipinski definition) is 1. The van der Waals surface area contributed by atoms with Crippen molar-refractivity contribution in [1.82, 2.24) is 4.90 Å². The number of phenols is 1. The van der Waals surface area contributed by atoms with Crippen molar-refractivity contribution in [3.63, 3.8) is 0 Å². The van der Waals surface area contributed by atoms with Crippen LogP contribution >= 0.6 is 0 Å². The van der Waals surface area contributed by atoms with Gasteiger partial charge in [-0.3, -0.25) is 0 Å². The molecule has 116 valence electrons. The molecule has 1 unspecified atom stereocenters. The van der Waals surface area contributed by atoms with Crippen LogP contribution in [-0.2, 0) is 11.2 Å². The maximum absolute atomic E-state index is 12.3. The van der Waals surface area contributed by atoms with Gasteiger partial charge in [0.2, 0.25) is 0 Å². The molecule has 0 bridgehead atoms. The van der Waals surface area contributed by atoms with Gasteiger partial charge in [0.15, 0.2) is 11.5 Å². The molecule has 0 fully saturated rings. The lowest BCUT2D eigenvalue weighted by Gasteiger charge is -2.36. The van der Waals surface area contributed by atoms with Crippen LogP contribution in [0.4, 0.5) is 4.79 Å². The van der Waals surface area contributed by atoms with Crippen LogP contribution in [0.3, 0.4) is 0 Å². The highest BCUT2D eigenvalue weighted by Gasteiger charge is 2.31. The number of methoxy groups -OCH3 is 1. The van der Waals surface area contributed by atoms with E-state index in [0.29, 0.717) is 18.7 Å². The topological polar surface area (TPSA) is 59.0 Å². The van der Waals surface area contributed by atoms with Crippen molar-refractivity contribution in [3.8, 4) is 11.5 Å². The van der Waals surface area contributed by atoms with Crippen LogP contribution in [0.2, 0.25) is 0 Å². The number of aromatic hydroxyl groups is 1. The average molecular weight is 293 g/mol. The summed E-state index contributed by atoms with van der Waals surface area (Å²) >= 11 is 0. The minimum absolute atomic E-state index is 0.113. The largest absolute Gasteiger partial charge is 0.504 e. The van der Waals surface area contributed by atoms with Crippen LogP contribution in [0.5, 0.6) is 11.5 Å². The van der Waals surface area contributed by atoms with Crippen LogP contribution in [0.1, 0.15) is 44.9 Å². The molecule has 1 aliphatic rings. The van der Waals surface area contributed by atoms with Crippen molar-refractivity contribution in [2.75, 3.05) is 13.7 Å². The number of rotatable bonds is 1. The summed E-state index contributed by atoms with van der Waals surface area (Å²) in [6.45, 7) is 8.10. The zero-order chi connectivity index (χ0) is 15.8. The van der Waals surface area contributed by atoms with E-state index in [4.69, 9.17) is 9.47 Å². The fourth-order valence-electron chi connectivity index (χ4n) is 2.57. The lowest BCUT2D eigenvalue weighted by atomic mass is 9.93. The molecule has 0 aromatic heterocycles. The van der Waals surface area contributed by atoms with Gasteiger partial charge in [0.05, 0.1) is 13.2 Å². The van der Waals surface area contributed by atoms with Crippen LogP contribution in [0, 0.1) is 0 Å². The number of amides is 1. The molecule has 5 nitrogen and oxygen atoms in total. The molecule has 21 heavy (non-hydrogen) atoms. The van der Waals surface area contributed by atoms with Gasteiger partial charge in [0.25, 0.3) is 0 Å². The summed E-state index contributed by atoms with van der Waals surface area (Å²) in [7, 11) is 1.51. The molecule has 1 aromatic rings. The van der Waals surface area contributed by atoms with E-state index in [1.165, 1.54) is 7.11 Å². The molecule has 0 spiro atoms. The summed E-state index contributed by atoms with van der Waals surface area (Å²) in [6.07, 6.45) is 0.379. The quantitative estimate of drug-likeness (QED) is 0.863. The Morgan fingerprint density at radius 1 is 1.38 bits per heavy atom. The molecule has 0 saturated carbocycles. The van der Waals surface area contributed by atoms with Crippen LogP contribution in [0.25, 0.3) is 0 Å². The summed E-state index contributed by atoms with van der Waals surface area (Å²) in [5, 5.41) is 9.85. The summed E-state index contributed by atoms with van der Waals surface area (Å²) in [5.41, 5.74) is 1.52. The molecule has 1 aliphatic heterocycles. The van der Waals surface area contributed by atoms with Crippen LogP contribution in [0.15, 0.2) is 12.1 Å². The highest BCUT2D eigenvalue weighted by Crippen LogP contribution is 2.37. The van der Waals surface area contributed by atoms with Crippen LogP contribution in [-0.4, -0.2) is 35.4 Å². The number of ether oxygens (including phenoxy) is 2. The van der Waals surface area contributed by atoms with Crippen molar-refractivity contribution in [1.29, 1.82) is 0 Å². The molecule has 1 heterocycles. The Labute approximate surface area is 125 Å². The Kier molecular flexibility index (Phi) is 4.03. The second-order valence-electron chi connectivity index (χ2n) is 6.32. The van der Waals surface area contributed by atoms with Gasteiger partial charge in [-0.2, -0.15) is 0 Å². The van der Waals surface area contributed by atoms with Gasteiger partial charge in [-0.25, -0.2) is 4.79 Å². The SMILES string of the molecule is COc1cc2c(cc1O)CCN(C(=O)OC(C)(C)C)C2C. The van der Waals surface area contributed by atoms with E-state index in [-0.39, 0.29) is 17.9 Å². The number of fused-ring (bicyclic) bond motifs is 1. The molecule has 0 aliphatic carbocycles. The van der Waals surface area contributed by atoms with Crippen molar-refractivity contribution in [3.05, 3.63) is 23.3 Å². The predicted molar refractivity (Wildman–Crippen MR) is 79.7 cm³/mol. The third-order valence-corrected chi connectivity index (χ3v) is 3.61. The average Bonchev–Trinajstić information content (AvgIpc) is 2.36. The first kappa shape index (κ1) is 15.5. The molecule has 5 heteroatoms. The lowest BCUT2D eigenvalue weighted by Crippen LogP contribution is -2.42. The van der Waals surface area contributed by atoms with Crippen molar-refractivity contribution < 1.29 is 19.4 Å². The Morgan fingerprint density at radius 3 is 2.62 bits per heavy atom. The first-order chi connectivity index (χ1) is 9.73. The van der Waals surface area contributed by atoms with Crippen molar-refractivity contribution in [2.24, 2.45) is 0 Å². The third kappa shape index (κ3) is 3.23. The zero-order valence-electron chi connectivity index (χ0n) is 13.3. The molecular weight excluding hydrogens is 270 g/mol. The highest BCUT2D eigenvalue weighted by atomic mass is 16.6. The van der Waals surface area contributed by atoms with Gasteiger partial charge in [-0.1, -0.05) is 0 Å². The maximum Gasteiger partial charge on any atom is 0.410 e. The van der Waals surface area contributed by atoms with Gasteiger partial charge in [-0.05, 0) is 57.4 Å². The molecule has 1 atom stereocenters. The van der Waals surface area contributed by atoms with E-state index in [0.717, 1.165) is 11.1 Å². The fourth-order valence-corrected chi connectivity index (χ4v) is 2.57. The zero-order valence-corrected chi connectivity index (χ0v) is 13.3. The Balaban J connectivity index is 2.27. The first-order valence-corrected chi connectivity index (χ1v) is 7.12. The van der Waals surface area contributed by atoms with Crippen LogP contribution < -0.4 is 4.74 Å². The number of hydrogen-bond acceptors (Lipinski definition) is 4. The fraction of sp³-hybridized carbons (Fsp3) is 0.562. The number of benzene rings is 1. The summed E-state index contributed by atoms with van der Waals surface area (Å²) in [5.74, 6) is 0.556. The minimum atomic E-state index is -0.510. The second kappa shape index (κ2) is 5.47. The van der Waals surface area contributed by atoms with E-state index < -0.39 is 5.60 Å². The Hall–Kier alpha value is -1.91. The summed E-state index contributed by atoms with van der Waals surface area (Å²) in [4.78, 5) is 14.0. The predicted octanol–water partition coefficient (Wildman–Crippen LogP) is 3.26. The van der Waals surface area contributed by atoms with Gasteiger partial charge >= 0.3 is 6.09 Å². The summed E-state index contributed by atoms with van der Waals surface area (Å²) in [6, 6.07) is 3.40.